The molecule has 1 fully saturated rings. The first kappa shape index (κ1) is 15.8. The van der Waals surface area contributed by atoms with Crippen LogP contribution in [-0.2, 0) is 0 Å². The number of benzene rings is 1. The first-order valence-electron chi connectivity index (χ1n) is 7.94. The molecule has 4 nitrogen and oxygen atoms in total. The second-order valence-electron chi connectivity index (χ2n) is 6.23. The summed E-state index contributed by atoms with van der Waals surface area (Å²) in [5, 5.41) is 2.96. The summed E-state index contributed by atoms with van der Waals surface area (Å²) >= 11 is 0. The molecule has 21 heavy (non-hydrogen) atoms. The van der Waals surface area contributed by atoms with Crippen LogP contribution in [0.3, 0.4) is 0 Å². The Bertz CT molecular complexity index is 467. The highest BCUT2D eigenvalue weighted by Gasteiger charge is 2.18. The van der Waals surface area contributed by atoms with Crippen molar-refractivity contribution in [3.63, 3.8) is 0 Å². The Balaban J connectivity index is 1.89. The van der Waals surface area contributed by atoms with Crippen molar-refractivity contribution in [3.8, 4) is 0 Å². The lowest BCUT2D eigenvalue weighted by Crippen LogP contribution is -2.35. The summed E-state index contributed by atoms with van der Waals surface area (Å²) in [5.41, 5.74) is 7.71. The van der Waals surface area contributed by atoms with E-state index in [2.05, 4.69) is 5.32 Å². The van der Waals surface area contributed by atoms with Crippen LogP contribution in [0.5, 0.6) is 0 Å². The predicted molar refractivity (Wildman–Crippen MR) is 87.3 cm³/mol. The molecular weight excluding hydrogens is 262 g/mol. The van der Waals surface area contributed by atoms with Crippen LogP contribution in [0.4, 0.5) is 10.5 Å². The number of nitrogens with two attached hydrogens (primary N) is 1. The zero-order valence-electron chi connectivity index (χ0n) is 13.1. The maximum absolute atomic E-state index is 12.3. The van der Waals surface area contributed by atoms with E-state index < -0.39 is 0 Å². The fourth-order valence-electron chi connectivity index (χ4n) is 2.96. The normalized spacial score (nSPS) is 17.3. The van der Waals surface area contributed by atoms with Gasteiger partial charge in [0.05, 0.1) is 0 Å². The summed E-state index contributed by atoms with van der Waals surface area (Å²) in [5.74, 6) is 0.657. The summed E-state index contributed by atoms with van der Waals surface area (Å²) in [6.07, 6.45) is 6.44. The Labute approximate surface area is 127 Å². The molecule has 4 heteroatoms. The quantitative estimate of drug-likeness (QED) is 0.887. The molecule has 1 atom stereocenters. The lowest BCUT2D eigenvalue weighted by molar-refractivity contribution is 0.205. The van der Waals surface area contributed by atoms with Crippen molar-refractivity contribution in [1.82, 2.24) is 4.90 Å². The fourth-order valence-corrected chi connectivity index (χ4v) is 2.96. The van der Waals surface area contributed by atoms with Crippen LogP contribution in [0.25, 0.3) is 0 Å². The van der Waals surface area contributed by atoms with E-state index in [1.54, 1.807) is 4.90 Å². The molecule has 1 unspecified atom stereocenters. The average Bonchev–Trinajstić information content (AvgIpc) is 2.48. The van der Waals surface area contributed by atoms with Crippen molar-refractivity contribution >= 4 is 11.7 Å². The average molecular weight is 289 g/mol. The standard InChI is InChI=1S/C17H27N3O/c1-13(18)15-9-6-10-16(11-15)19-17(21)20(2)12-14-7-4-3-5-8-14/h6,9-11,13-14H,3-5,7-8,12,18H2,1-2H3,(H,19,21). The van der Waals surface area contributed by atoms with Crippen molar-refractivity contribution in [1.29, 1.82) is 0 Å². The van der Waals surface area contributed by atoms with Gasteiger partial charge in [-0.2, -0.15) is 0 Å². The first-order valence-corrected chi connectivity index (χ1v) is 7.94. The molecule has 1 aliphatic carbocycles. The Morgan fingerprint density at radius 1 is 1.38 bits per heavy atom. The number of anilines is 1. The minimum absolute atomic E-state index is 0.0261. The van der Waals surface area contributed by atoms with Crippen LogP contribution in [0.15, 0.2) is 24.3 Å². The molecule has 2 amide bonds. The second-order valence-corrected chi connectivity index (χ2v) is 6.23. The van der Waals surface area contributed by atoms with Crippen LogP contribution in [0.1, 0.15) is 50.6 Å². The van der Waals surface area contributed by atoms with E-state index in [1.165, 1.54) is 32.1 Å². The maximum atomic E-state index is 12.3. The monoisotopic (exact) mass is 289 g/mol. The number of carbonyl (C=O) groups is 1. The van der Waals surface area contributed by atoms with E-state index in [1.807, 2.05) is 38.2 Å². The Morgan fingerprint density at radius 3 is 2.76 bits per heavy atom. The lowest BCUT2D eigenvalue weighted by Gasteiger charge is -2.27. The number of urea groups is 1. The van der Waals surface area contributed by atoms with E-state index in [9.17, 15) is 4.79 Å². The molecule has 0 aromatic heterocycles. The Kier molecular flexibility index (Phi) is 5.62. The van der Waals surface area contributed by atoms with E-state index in [4.69, 9.17) is 5.73 Å². The van der Waals surface area contributed by atoms with Gasteiger partial charge in [0.15, 0.2) is 0 Å². The summed E-state index contributed by atoms with van der Waals surface area (Å²) < 4.78 is 0. The van der Waals surface area contributed by atoms with Gasteiger partial charge in [-0.25, -0.2) is 4.79 Å². The molecule has 1 aromatic rings. The molecule has 3 N–H and O–H groups in total. The van der Waals surface area contributed by atoms with Gasteiger partial charge in [0.1, 0.15) is 0 Å². The molecule has 1 aromatic carbocycles. The van der Waals surface area contributed by atoms with Gasteiger partial charge in [0.25, 0.3) is 0 Å². The maximum Gasteiger partial charge on any atom is 0.321 e. The largest absolute Gasteiger partial charge is 0.327 e. The minimum Gasteiger partial charge on any atom is -0.327 e. The highest BCUT2D eigenvalue weighted by atomic mass is 16.2. The van der Waals surface area contributed by atoms with Gasteiger partial charge in [0, 0.05) is 25.3 Å². The van der Waals surface area contributed by atoms with E-state index in [0.717, 1.165) is 17.8 Å². The zero-order chi connectivity index (χ0) is 15.2. The molecule has 0 spiro atoms. The van der Waals surface area contributed by atoms with Crippen LogP contribution in [-0.4, -0.2) is 24.5 Å². The number of nitrogens with zero attached hydrogens (tertiary/aromatic N) is 1. The molecule has 0 heterocycles. The van der Waals surface area contributed by atoms with Crippen LogP contribution >= 0.6 is 0 Å². The Morgan fingerprint density at radius 2 is 2.10 bits per heavy atom. The van der Waals surface area contributed by atoms with Gasteiger partial charge in [-0.05, 0) is 43.4 Å². The van der Waals surface area contributed by atoms with Crippen molar-refractivity contribution in [2.75, 3.05) is 18.9 Å². The third-order valence-electron chi connectivity index (χ3n) is 4.27. The van der Waals surface area contributed by atoms with Gasteiger partial charge < -0.3 is 16.0 Å². The molecule has 0 aliphatic heterocycles. The number of rotatable bonds is 4. The summed E-state index contributed by atoms with van der Waals surface area (Å²) in [6, 6.07) is 7.68. The van der Waals surface area contributed by atoms with Gasteiger partial charge in [-0.3, -0.25) is 0 Å². The summed E-state index contributed by atoms with van der Waals surface area (Å²) in [6.45, 7) is 2.79. The van der Waals surface area contributed by atoms with Crippen LogP contribution < -0.4 is 11.1 Å². The Hall–Kier alpha value is -1.55. The van der Waals surface area contributed by atoms with Gasteiger partial charge >= 0.3 is 6.03 Å². The van der Waals surface area contributed by atoms with Gasteiger partial charge in [-0.1, -0.05) is 31.4 Å². The number of hydrogen-bond acceptors (Lipinski definition) is 2. The molecular formula is C17H27N3O. The van der Waals surface area contributed by atoms with E-state index >= 15 is 0 Å². The van der Waals surface area contributed by atoms with E-state index in [-0.39, 0.29) is 12.1 Å². The third kappa shape index (κ3) is 4.74. The topological polar surface area (TPSA) is 58.4 Å². The number of carbonyl (C=O) groups excluding carboxylic acids is 1. The second kappa shape index (κ2) is 7.46. The molecule has 1 saturated carbocycles. The molecule has 0 radical (unpaired) electrons. The summed E-state index contributed by atoms with van der Waals surface area (Å²) in [7, 11) is 1.87. The van der Waals surface area contributed by atoms with Gasteiger partial charge in [0.2, 0.25) is 0 Å². The molecule has 1 aliphatic rings. The van der Waals surface area contributed by atoms with Crippen molar-refractivity contribution in [2.45, 2.75) is 45.1 Å². The SMILES string of the molecule is CC(N)c1cccc(NC(=O)N(C)CC2CCCCC2)c1. The molecule has 2 rings (SSSR count). The van der Waals surface area contributed by atoms with Crippen molar-refractivity contribution in [2.24, 2.45) is 11.7 Å². The number of hydrogen-bond donors (Lipinski definition) is 2. The van der Waals surface area contributed by atoms with E-state index in [0.29, 0.717) is 5.92 Å². The molecule has 116 valence electrons. The highest BCUT2D eigenvalue weighted by molar-refractivity contribution is 5.89. The first-order chi connectivity index (χ1) is 10.1. The van der Waals surface area contributed by atoms with Crippen LogP contribution in [0, 0.1) is 5.92 Å². The van der Waals surface area contributed by atoms with Gasteiger partial charge in [-0.15, -0.1) is 0 Å². The lowest BCUT2D eigenvalue weighted by atomic mass is 9.89. The number of amides is 2. The number of nitrogens with one attached hydrogen (secondary N) is 1. The predicted octanol–water partition coefficient (Wildman–Crippen LogP) is 3.75. The highest BCUT2D eigenvalue weighted by Crippen LogP contribution is 2.24. The van der Waals surface area contributed by atoms with Crippen molar-refractivity contribution in [3.05, 3.63) is 29.8 Å². The minimum atomic E-state index is -0.0394. The molecule has 0 bridgehead atoms. The fraction of sp³-hybridized carbons (Fsp3) is 0.588. The van der Waals surface area contributed by atoms with Crippen LogP contribution in [0.2, 0.25) is 0 Å². The third-order valence-corrected chi connectivity index (χ3v) is 4.27. The summed E-state index contributed by atoms with van der Waals surface area (Å²) in [4.78, 5) is 14.1. The molecule has 0 saturated heterocycles. The zero-order valence-corrected chi connectivity index (χ0v) is 13.1. The van der Waals surface area contributed by atoms with Crippen molar-refractivity contribution < 1.29 is 4.79 Å². The smallest absolute Gasteiger partial charge is 0.321 e.